The van der Waals surface area contributed by atoms with E-state index >= 15 is 0 Å². The van der Waals surface area contributed by atoms with E-state index in [-0.39, 0.29) is 0 Å². The molecule has 2 rings (SSSR count). The number of benzene rings is 1. The van der Waals surface area contributed by atoms with Crippen LogP contribution in [-0.4, -0.2) is 26.3 Å². The maximum Gasteiger partial charge on any atom is 0.100 e. The van der Waals surface area contributed by atoms with E-state index in [0.29, 0.717) is 11.7 Å². The van der Waals surface area contributed by atoms with Gasteiger partial charge in [-0.3, -0.25) is 0 Å². The molecule has 1 unspecified atom stereocenters. The lowest BCUT2D eigenvalue weighted by Crippen LogP contribution is -2.28. The van der Waals surface area contributed by atoms with E-state index in [4.69, 9.17) is 10.00 Å². The first-order valence-electron chi connectivity index (χ1n) is 5.73. The van der Waals surface area contributed by atoms with Crippen LogP contribution in [-0.2, 0) is 4.74 Å². The first-order valence-corrected chi connectivity index (χ1v) is 6.52. The van der Waals surface area contributed by atoms with Crippen LogP contribution in [0.1, 0.15) is 18.4 Å². The van der Waals surface area contributed by atoms with Gasteiger partial charge in [-0.15, -0.1) is 0 Å². The second kappa shape index (κ2) is 5.52. The Hall–Kier alpha value is -1.05. The molecule has 0 aromatic heterocycles. The van der Waals surface area contributed by atoms with E-state index in [1.54, 1.807) is 0 Å². The Morgan fingerprint density at radius 2 is 2.41 bits per heavy atom. The smallest absolute Gasteiger partial charge is 0.100 e. The van der Waals surface area contributed by atoms with E-state index in [0.717, 1.165) is 36.2 Å². The highest BCUT2D eigenvalue weighted by Gasteiger charge is 2.17. The van der Waals surface area contributed by atoms with E-state index in [1.165, 1.54) is 0 Å². The molecule has 1 aliphatic heterocycles. The minimum absolute atomic E-state index is 0.342. The predicted octanol–water partition coefficient (Wildman–Crippen LogP) is 2.94. The molecule has 0 radical (unpaired) electrons. The highest BCUT2D eigenvalue weighted by atomic mass is 79.9. The van der Waals surface area contributed by atoms with Crippen molar-refractivity contribution in [2.24, 2.45) is 0 Å². The van der Waals surface area contributed by atoms with Gasteiger partial charge in [0.05, 0.1) is 11.7 Å². The fourth-order valence-corrected chi connectivity index (χ4v) is 2.49. The van der Waals surface area contributed by atoms with Crippen LogP contribution < -0.4 is 4.90 Å². The van der Waals surface area contributed by atoms with Gasteiger partial charge in [0.15, 0.2) is 0 Å². The van der Waals surface area contributed by atoms with Crippen molar-refractivity contribution in [1.29, 1.82) is 5.26 Å². The van der Waals surface area contributed by atoms with Gasteiger partial charge in [-0.25, -0.2) is 0 Å². The molecule has 4 heteroatoms. The Morgan fingerprint density at radius 3 is 3.00 bits per heavy atom. The van der Waals surface area contributed by atoms with E-state index in [9.17, 15) is 0 Å². The summed E-state index contributed by atoms with van der Waals surface area (Å²) in [6.45, 7) is 1.79. The normalized spacial score (nSPS) is 19.0. The maximum absolute atomic E-state index is 8.86. The second-order valence-corrected chi connectivity index (χ2v) is 5.15. The number of hydrogen-bond donors (Lipinski definition) is 0. The molecule has 1 aliphatic rings. The summed E-state index contributed by atoms with van der Waals surface area (Å²) in [5.41, 5.74) is 1.77. The summed E-state index contributed by atoms with van der Waals surface area (Å²) in [5.74, 6) is 0. The fraction of sp³-hybridized carbons (Fsp3) is 0.462. The standard InChI is InChI=1S/C13H15BrN2O/c1-16(9-12-3-2-6-17-12)11-5-4-10(8-15)13(14)7-11/h4-5,7,12H,2-3,6,9H2,1H3. The zero-order valence-corrected chi connectivity index (χ0v) is 11.4. The first kappa shape index (κ1) is 12.4. The van der Waals surface area contributed by atoms with Crippen LogP contribution in [0, 0.1) is 11.3 Å². The molecule has 3 nitrogen and oxygen atoms in total. The minimum atomic E-state index is 0.342. The molecule has 1 aromatic carbocycles. The van der Waals surface area contributed by atoms with Gasteiger partial charge in [0, 0.05) is 30.4 Å². The van der Waals surface area contributed by atoms with Gasteiger partial charge in [-0.1, -0.05) is 0 Å². The lowest BCUT2D eigenvalue weighted by atomic mass is 10.2. The number of halogens is 1. The molecule has 17 heavy (non-hydrogen) atoms. The third kappa shape index (κ3) is 2.99. The van der Waals surface area contributed by atoms with Gasteiger partial charge in [0.25, 0.3) is 0 Å². The van der Waals surface area contributed by atoms with E-state index in [2.05, 4.69) is 33.9 Å². The topological polar surface area (TPSA) is 36.3 Å². The van der Waals surface area contributed by atoms with Gasteiger partial charge >= 0.3 is 0 Å². The average Bonchev–Trinajstić information content (AvgIpc) is 2.81. The molecule has 1 heterocycles. The van der Waals surface area contributed by atoms with Crippen LogP contribution >= 0.6 is 15.9 Å². The third-order valence-electron chi connectivity index (χ3n) is 3.02. The lowest BCUT2D eigenvalue weighted by Gasteiger charge is -2.23. The predicted molar refractivity (Wildman–Crippen MR) is 71.1 cm³/mol. The molecule has 90 valence electrons. The van der Waals surface area contributed by atoms with Crippen LogP contribution in [0.4, 0.5) is 5.69 Å². The van der Waals surface area contributed by atoms with Crippen LogP contribution in [0.3, 0.4) is 0 Å². The Kier molecular flexibility index (Phi) is 4.03. The quantitative estimate of drug-likeness (QED) is 0.860. The Balaban J connectivity index is 2.06. The van der Waals surface area contributed by atoms with Crippen molar-refractivity contribution < 1.29 is 4.74 Å². The minimum Gasteiger partial charge on any atom is -0.376 e. The summed E-state index contributed by atoms with van der Waals surface area (Å²) < 4.78 is 6.46. The van der Waals surface area contributed by atoms with Crippen molar-refractivity contribution >= 4 is 21.6 Å². The fourth-order valence-electron chi connectivity index (χ4n) is 2.03. The van der Waals surface area contributed by atoms with Crippen molar-refractivity contribution in [3.8, 4) is 6.07 Å². The summed E-state index contributed by atoms with van der Waals surface area (Å²) >= 11 is 3.41. The van der Waals surface area contributed by atoms with Crippen LogP contribution in [0.15, 0.2) is 22.7 Å². The molecule has 0 saturated carbocycles. The number of hydrogen-bond acceptors (Lipinski definition) is 3. The molecule has 0 bridgehead atoms. The van der Waals surface area contributed by atoms with Gasteiger partial charge in [-0.2, -0.15) is 5.26 Å². The zero-order chi connectivity index (χ0) is 12.3. The summed E-state index contributed by atoms with van der Waals surface area (Å²) in [7, 11) is 2.05. The highest BCUT2D eigenvalue weighted by molar-refractivity contribution is 9.10. The Morgan fingerprint density at radius 1 is 1.59 bits per heavy atom. The molecular formula is C13H15BrN2O. The van der Waals surface area contributed by atoms with Crippen LogP contribution in [0.2, 0.25) is 0 Å². The third-order valence-corrected chi connectivity index (χ3v) is 3.67. The largest absolute Gasteiger partial charge is 0.376 e. The monoisotopic (exact) mass is 294 g/mol. The Labute approximate surface area is 110 Å². The average molecular weight is 295 g/mol. The SMILES string of the molecule is CN(CC1CCCO1)c1ccc(C#N)c(Br)c1. The molecule has 0 aliphatic carbocycles. The first-order chi connectivity index (χ1) is 8.20. The number of ether oxygens (including phenoxy) is 1. The molecule has 1 aromatic rings. The molecule has 1 atom stereocenters. The summed E-state index contributed by atoms with van der Waals surface area (Å²) in [5, 5.41) is 8.86. The molecular weight excluding hydrogens is 280 g/mol. The zero-order valence-electron chi connectivity index (χ0n) is 9.82. The van der Waals surface area contributed by atoms with Gasteiger partial charge < -0.3 is 9.64 Å². The molecule has 1 saturated heterocycles. The summed E-state index contributed by atoms with van der Waals surface area (Å²) in [6, 6.07) is 7.93. The summed E-state index contributed by atoms with van der Waals surface area (Å²) in [6.07, 6.45) is 2.64. The number of anilines is 1. The molecule has 0 spiro atoms. The van der Waals surface area contributed by atoms with E-state index in [1.807, 2.05) is 18.2 Å². The van der Waals surface area contributed by atoms with Crippen molar-refractivity contribution in [3.05, 3.63) is 28.2 Å². The van der Waals surface area contributed by atoms with Crippen molar-refractivity contribution in [1.82, 2.24) is 0 Å². The summed E-state index contributed by atoms with van der Waals surface area (Å²) in [4.78, 5) is 2.17. The number of nitriles is 1. The lowest BCUT2D eigenvalue weighted by molar-refractivity contribution is 0.116. The number of nitrogens with zero attached hydrogens (tertiary/aromatic N) is 2. The number of likely N-dealkylation sites (N-methyl/N-ethyl adjacent to an activating group) is 1. The highest BCUT2D eigenvalue weighted by Crippen LogP contribution is 2.24. The maximum atomic E-state index is 8.86. The van der Waals surface area contributed by atoms with Crippen molar-refractivity contribution in [2.75, 3.05) is 25.1 Å². The van der Waals surface area contributed by atoms with Crippen molar-refractivity contribution in [2.45, 2.75) is 18.9 Å². The van der Waals surface area contributed by atoms with Gasteiger partial charge in [0.1, 0.15) is 6.07 Å². The van der Waals surface area contributed by atoms with Crippen LogP contribution in [0.25, 0.3) is 0 Å². The molecule has 1 fully saturated rings. The van der Waals surface area contributed by atoms with Gasteiger partial charge in [-0.05, 0) is 47.0 Å². The van der Waals surface area contributed by atoms with Gasteiger partial charge in [0.2, 0.25) is 0 Å². The Bertz CT molecular complexity index is 436. The number of rotatable bonds is 3. The van der Waals surface area contributed by atoms with Crippen LogP contribution in [0.5, 0.6) is 0 Å². The molecule has 0 N–H and O–H groups in total. The van der Waals surface area contributed by atoms with Crippen molar-refractivity contribution in [3.63, 3.8) is 0 Å². The molecule has 0 amide bonds. The van der Waals surface area contributed by atoms with E-state index < -0.39 is 0 Å². The second-order valence-electron chi connectivity index (χ2n) is 4.29.